The van der Waals surface area contributed by atoms with Gasteiger partial charge in [-0.15, -0.1) is 11.3 Å². The first kappa shape index (κ1) is 8.63. The molecule has 0 fully saturated rings. The first-order valence-electron chi connectivity index (χ1n) is 4.08. The SMILES string of the molecule is CCc1c(F)cc2sccc2c1F. The van der Waals surface area contributed by atoms with Gasteiger partial charge in [0.25, 0.3) is 0 Å². The van der Waals surface area contributed by atoms with Gasteiger partial charge in [-0.25, -0.2) is 8.78 Å². The van der Waals surface area contributed by atoms with Gasteiger partial charge in [0.2, 0.25) is 0 Å². The van der Waals surface area contributed by atoms with E-state index < -0.39 is 11.6 Å². The molecule has 0 spiro atoms. The van der Waals surface area contributed by atoms with Crippen LogP contribution in [0.1, 0.15) is 12.5 Å². The van der Waals surface area contributed by atoms with E-state index >= 15 is 0 Å². The van der Waals surface area contributed by atoms with Crippen molar-refractivity contribution in [3.8, 4) is 0 Å². The highest BCUT2D eigenvalue weighted by Gasteiger charge is 2.12. The summed E-state index contributed by atoms with van der Waals surface area (Å²) in [4.78, 5) is 0. The summed E-state index contributed by atoms with van der Waals surface area (Å²) < 4.78 is 27.4. The minimum Gasteiger partial charge on any atom is -0.207 e. The molecule has 0 aliphatic heterocycles. The van der Waals surface area contributed by atoms with E-state index in [0.29, 0.717) is 16.5 Å². The molecule has 13 heavy (non-hydrogen) atoms. The molecule has 0 aliphatic carbocycles. The molecule has 0 aliphatic rings. The van der Waals surface area contributed by atoms with Crippen molar-refractivity contribution < 1.29 is 8.78 Å². The molecule has 0 saturated heterocycles. The van der Waals surface area contributed by atoms with Crippen molar-refractivity contribution in [2.45, 2.75) is 13.3 Å². The maximum absolute atomic E-state index is 13.5. The molecule has 1 aromatic heterocycles. The zero-order valence-corrected chi connectivity index (χ0v) is 7.92. The average molecular weight is 198 g/mol. The number of rotatable bonds is 1. The minimum atomic E-state index is -0.435. The normalized spacial score (nSPS) is 11.0. The topological polar surface area (TPSA) is 0 Å². The van der Waals surface area contributed by atoms with Crippen molar-refractivity contribution in [2.75, 3.05) is 0 Å². The maximum Gasteiger partial charge on any atom is 0.137 e. The van der Waals surface area contributed by atoms with E-state index in [2.05, 4.69) is 0 Å². The van der Waals surface area contributed by atoms with Crippen LogP contribution in [0.3, 0.4) is 0 Å². The van der Waals surface area contributed by atoms with Gasteiger partial charge >= 0.3 is 0 Å². The van der Waals surface area contributed by atoms with Crippen molar-refractivity contribution in [2.24, 2.45) is 0 Å². The molecule has 0 atom stereocenters. The highest BCUT2D eigenvalue weighted by molar-refractivity contribution is 7.17. The number of hydrogen-bond donors (Lipinski definition) is 0. The van der Waals surface area contributed by atoms with Crippen LogP contribution in [0, 0.1) is 11.6 Å². The van der Waals surface area contributed by atoms with Crippen LogP contribution >= 0.6 is 11.3 Å². The smallest absolute Gasteiger partial charge is 0.137 e. The van der Waals surface area contributed by atoms with Crippen LogP contribution in [0.5, 0.6) is 0 Å². The van der Waals surface area contributed by atoms with E-state index in [4.69, 9.17) is 0 Å². The van der Waals surface area contributed by atoms with Gasteiger partial charge in [0.05, 0.1) is 0 Å². The van der Waals surface area contributed by atoms with Crippen LogP contribution in [0.4, 0.5) is 8.78 Å². The van der Waals surface area contributed by atoms with Crippen molar-refractivity contribution in [1.29, 1.82) is 0 Å². The predicted molar refractivity (Wildman–Crippen MR) is 51.1 cm³/mol. The van der Waals surface area contributed by atoms with Gasteiger partial charge in [0, 0.05) is 15.6 Å². The maximum atomic E-state index is 13.5. The Kier molecular flexibility index (Phi) is 2.04. The van der Waals surface area contributed by atoms with Crippen molar-refractivity contribution in [3.63, 3.8) is 0 Å². The van der Waals surface area contributed by atoms with Gasteiger partial charge < -0.3 is 0 Å². The fourth-order valence-corrected chi connectivity index (χ4v) is 2.21. The average Bonchev–Trinajstić information content (AvgIpc) is 2.53. The Bertz CT molecular complexity index is 445. The number of fused-ring (bicyclic) bond motifs is 1. The van der Waals surface area contributed by atoms with Crippen LogP contribution in [-0.4, -0.2) is 0 Å². The van der Waals surface area contributed by atoms with E-state index in [1.54, 1.807) is 18.4 Å². The molecule has 3 heteroatoms. The lowest BCUT2D eigenvalue weighted by Gasteiger charge is -2.02. The fraction of sp³-hybridized carbons (Fsp3) is 0.200. The summed E-state index contributed by atoms with van der Waals surface area (Å²) >= 11 is 1.35. The lowest BCUT2D eigenvalue weighted by Crippen LogP contribution is -1.93. The first-order valence-corrected chi connectivity index (χ1v) is 4.96. The molecule has 1 heterocycles. The summed E-state index contributed by atoms with van der Waals surface area (Å²) in [6.07, 6.45) is 0.392. The second-order valence-electron chi connectivity index (χ2n) is 2.84. The number of thiophene rings is 1. The van der Waals surface area contributed by atoms with Crippen molar-refractivity contribution in [3.05, 3.63) is 34.7 Å². The summed E-state index contributed by atoms with van der Waals surface area (Å²) in [5, 5.41) is 2.30. The third kappa shape index (κ3) is 1.23. The van der Waals surface area contributed by atoms with Crippen LogP contribution < -0.4 is 0 Å². The van der Waals surface area contributed by atoms with E-state index in [9.17, 15) is 8.78 Å². The molecule has 0 N–H and O–H groups in total. The minimum absolute atomic E-state index is 0.186. The second-order valence-corrected chi connectivity index (χ2v) is 3.78. The zero-order valence-electron chi connectivity index (χ0n) is 7.10. The Morgan fingerprint density at radius 2 is 2.15 bits per heavy atom. The van der Waals surface area contributed by atoms with E-state index in [0.717, 1.165) is 0 Å². The Hall–Kier alpha value is -0.960. The molecular weight excluding hydrogens is 190 g/mol. The van der Waals surface area contributed by atoms with Gasteiger partial charge in [-0.05, 0) is 23.9 Å². The Morgan fingerprint density at radius 3 is 2.85 bits per heavy atom. The molecule has 1 aromatic carbocycles. The summed E-state index contributed by atoms with van der Waals surface area (Å²) in [6.45, 7) is 1.75. The highest BCUT2D eigenvalue weighted by Crippen LogP contribution is 2.28. The summed E-state index contributed by atoms with van der Waals surface area (Å²) in [5.74, 6) is -0.839. The Morgan fingerprint density at radius 1 is 1.38 bits per heavy atom. The first-order chi connectivity index (χ1) is 6.24. The molecule has 2 rings (SSSR count). The van der Waals surface area contributed by atoms with E-state index in [1.807, 2.05) is 0 Å². The van der Waals surface area contributed by atoms with Gasteiger partial charge in [0.1, 0.15) is 11.6 Å². The van der Waals surface area contributed by atoms with Crippen LogP contribution in [0.15, 0.2) is 17.5 Å². The standard InChI is InChI=1S/C10H8F2S/c1-2-6-8(11)5-9-7(10(6)12)3-4-13-9/h3-5H,2H2,1H3. The molecule has 0 nitrogen and oxygen atoms in total. The molecule has 0 unspecified atom stereocenters. The number of benzene rings is 1. The quantitative estimate of drug-likeness (QED) is 0.654. The largest absolute Gasteiger partial charge is 0.207 e. The molecule has 0 amide bonds. The third-order valence-corrected chi connectivity index (χ3v) is 2.96. The zero-order chi connectivity index (χ0) is 9.42. The molecule has 0 bridgehead atoms. The molecule has 0 saturated carbocycles. The van der Waals surface area contributed by atoms with Crippen LogP contribution in [-0.2, 0) is 6.42 Å². The summed E-state index contributed by atoms with van der Waals surface area (Å²) in [5.41, 5.74) is 0.186. The van der Waals surface area contributed by atoms with Gasteiger partial charge in [-0.3, -0.25) is 0 Å². The van der Waals surface area contributed by atoms with Gasteiger partial charge in [0.15, 0.2) is 0 Å². The number of halogens is 2. The summed E-state index contributed by atoms with van der Waals surface area (Å²) in [7, 11) is 0. The van der Waals surface area contributed by atoms with E-state index in [-0.39, 0.29) is 5.56 Å². The predicted octanol–water partition coefficient (Wildman–Crippen LogP) is 3.74. The van der Waals surface area contributed by atoms with Crippen LogP contribution in [0.25, 0.3) is 10.1 Å². The number of hydrogen-bond acceptors (Lipinski definition) is 1. The van der Waals surface area contributed by atoms with Crippen molar-refractivity contribution >= 4 is 21.4 Å². The highest BCUT2D eigenvalue weighted by atomic mass is 32.1. The van der Waals surface area contributed by atoms with E-state index in [1.165, 1.54) is 17.4 Å². The fourth-order valence-electron chi connectivity index (χ4n) is 1.41. The Balaban J connectivity index is 2.85. The summed E-state index contributed by atoms with van der Waals surface area (Å²) in [6, 6.07) is 3.09. The molecule has 68 valence electrons. The second kappa shape index (κ2) is 3.07. The Labute approximate surface area is 78.8 Å². The van der Waals surface area contributed by atoms with Crippen molar-refractivity contribution in [1.82, 2.24) is 0 Å². The van der Waals surface area contributed by atoms with Gasteiger partial charge in [-0.1, -0.05) is 6.92 Å². The third-order valence-electron chi connectivity index (χ3n) is 2.10. The lowest BCUT2D eigenvalue weighted by molar-refractivity contribution is 0.568. The van der Waals surface area contributed by atoms with Crippen LogP contribution in [0.2, 0.25) is 0 Å². The monoisotopic (exact) mass is 198 g/mol. The molecule has 2 aromatic rings. The molecule has 0 radical (unpaired) electrons. The lowest BCUT2D eigenvalue weighted by atomic mass is 10.1. The van der Waals surface area contributed by atoms with Gasteiger partial charge in [-0.2, -0.15) is 0 Å². The molecular formula is C10H8F2S.